The van der Waals surface area contributed by atoms with Crippen molar-refractivity contribution in [3.63, 3.8) is 0 Å². The molecule has 2 rings (SSSR count). The summed E-state index contributed by atoms with van der Waals surface area (Å²) in [5.41, 5.74) is 0.0892. The highest BCUT2D eigenvalue weighted by molar-refractivity contribution is 8.13. The van der Waals surface area contributed by atoms with Crippen LogP contribution in [0, 0.1) is 11.7 Å². The van der Waals surface area contributed by atoms with Gasteiger partial charge >= 0.3 is 12.1 Å². The van der Waals surface area contributed by atoms with Crippen molar-refractivity contribution in [1.82, 2.24) is 4.90 Å². The van der Waals surface area contributed by atoms with E-state index >= 15 is 0 Å². The van der Waals surface area contributed by atoms with Gasteiger partial charge in [0.2, 0.25) is 0 Å². The highest BCUT2D eigenvalue weighted by Crippen LogP contribution is 2.29. The van der Waals surface area contributed by atoms with Crippen LogP contribution < -0.4 is 0 Å². The van der Waals surface area contributed by atoms with Crippen LogP contribution in [0.3, 0.4) is 0 Å². The molecule has 1 heterocycles. The Labute approximate surface area is 134 Å². The lowest BCUT2D eigenvalue weighted by atomic mass is 9.98. The van der Waals surface area contributed by atoms with Crippen molar-refractivity contribution >= 4 is 25.6 Å². The molecule has 1 fully saturated rings. The molecule has 0 unspecified atom stereocenters. The number of carbonyl (C=O) groups is 1. The van der Waals surface area contributed by atoms with Crippen molar-refractivity contribution in [2.75, 3.05) is 13.1 Å². The van der Waals surface area contributed by atoms with Crippen LogP contribution >= 0.6 is 10.7 Å². The fourth-order valence-corrected chi connectivity index (χ4v) is 3.76. The van der Waals surface area contributed by atoms with E-state index in [1.807, 2.05) is 0 Å². The Morgan fingerprint density at radius 3 is 2.57 bits per heavy atom. The molecule has 1 aliphatic rings. The third-order valence-electron chi connectivity index (χ3n) is 3.61. The fourth-order valence-electron chi connectivity index (χ4n) is 2.62. The summed E-state index contributed by atoms with van der Waals surface area (Å²) in [6, 6.07) is 2.94. The first-order valence-electron chi connectivity index (χ1n) is 6.57. The molecular formula is C13H12ClF4NO3S. The summed E-state index contributed by atoms with van der Waals surface area (Å²) < 4.78 is 73.4. The predicted octanol–water partition coefficient (Wildman–Crippen LogP) is 2.71. The average molecular weight is 374 g/mol. The van der Waals surface area contributed by atoms with Crippen molar-refractivity contribution in [3.8, 4) is 0 Å². The van der Waals surface area contributed by atoms with E-state index in [0.717, 1.165) is 18.2 Å². The van der Waals surface area contributed by atoms with E-state index in [1.165, 1.54) is 0 Å². The Morgan fingerprint density at radius 2 is 2.00 bits per heavy atom. The maximum absolute atomic E-state index is 13.3. The van der Waals surface area contributed by atoms with E-state index in [4.69, 9.17) is 10.7 Å². The fraction of sp³-hybridized carbons (Fsp3) is 0.462. The number of nitrogens with zero attached hydrogens (tertiary/aromatic N) is 1. The zero-order chi connectivity index (χ0) is 17.4. The van der Waals surface area contributed by atoms with Crippen LogP contribution in [-0.2, 0) is 20.3 Å². The maximum Gasteiger partial charge on any atom is 0.471 e. The average Bonchev–Trinajstić information content (AvgIpc) is 2.83. The molecule has 1 amide bonds. The normalized spacial score (nSPS) is 19.2. The number of hydrogen-bond donors (Lipinski definition) is 0. The van der Waals surface area contributed by atoms with Crippen molar-refractivity contribution in [1.29, 1.82) is 0 Å². The molecule has 0 bridgehead atoms. The number of rotatable bonds is 3. The van der Waals surface area contributed by atoms with E-state index in [2.05, 4.69) is 0 Å². The van der Waals surface area contributed by atoms with Crippen LogP contribution in [-0.4, -0.2) is 38.5 Å². The predicted molar refractivity (Wildman–Crippen MR) is 73.9 cm³/mol. The monoisotopic (exact) mass is 373 g/mol. The quantitative estimate of drug-likeness (QED) is 0.604. The highest BCUT2D eigenvalue weighted by Gasteiger charge is 2.44. The van der Waals surface area contributed by atoms with Gasteiger partial charge in [-0.15, -0.1) is 0 Å². The standard InChI is InChI=1S/C13H12ClF4NO3S/c14-23(21,22)11-2-1-10(15)6-9(11)5-8-3-4-19(7-8)12(20)13(16,17)18/h1-2,6,8H,3-5,7H2/t8-/m1/s1. The minimum Gasteiger partial charge on any atom is -0.335 e. The summed E-state index contributed by atoms with van der Waals surface area (Å²) in [6.07, 6.45) is -4.67. The number of alkyl halides is 3. The summed E-state index contributed by atoms with van der Waals surface area (Å²) in [4.78, 5) is 11.6. The molecule has 10 heteroatoms. The minimum absolute atomic E-state index is 0.0146. The van der Waals surface area contributed by atoms with Crippen LogP contribution in [0.15, 0.2) is 23.1 Å². The molecule has 1 aromatic rings. The summed E-state index contributed by atoms with van der Waals surface area (Å²) in [5, 5.41) is 0. The third-order valence-corrected chi connectivity index (χ3v) is 5.03. The first kappa shape index (κ1) is 18.0. The van der Waals surface area contributed by atoms with Crippen molar-refractivity contribution < 1.29 is 30.8 Å². The number of halogens is 5. The molecule has 0 aliphatic carbocycles. The van der Waals surface area contributed by atoms with Crippen LogP contribution in [0.4, 0.5) is 17.6 Å². The maximum atomic E-state index is 13.3. The SMILES string of the molecule is O=C(N1CC[C@H](Cc2cc(F)ccc2S(=O)(=O)Cl)C1)C(F)(F)F. The Kier molecular flexibility index (Phi) is 4.91. The Hall–Kier alpha value is -1.35. The van der Waals surface area contributed by atoms with Crippen LogP contribution in [0.5, 0.6) is 0 Å². The number of likely N-dealkylation sites (tertiary alicyclic amines) is 1. The van der Waals surface area contributed by atoms with Crippen molar-refractivity contribution in [2.24, 2.45) is 5.92 Å². The molecule has 0 saturated carbocycles. The van der Waals surface area contributed by atoms with Gasteiger partial charge in [0.25, 0.3) is 9.05 Å². The topological polar surface area (TPSA) is 54.5 Å². The van der Waals surface area contributed by atoms with E-state index < -0.39 is 32.9 Å². The van der Waals surface area contributed by atoms with Gasteiger partial charge in [0.05, 0.1) is 4.90 Å². The molecular weight excluding hydrogens is 362 g/mol. The first-order valence-corrected chi connectivity index (χ1v) is 8.88. The summed E-state index contributed by atoms with van der Waals surface area (Å²) in [5.74, 6) is -3.00. The summed E-state index contributed by atoms with van der Waals surface area (Å²) in [7, 11) is 1.18. The minimum atomic E-state index is -4.95. The largest absolute Gasteiger partial charge is 0.471 e. The van der Waals surface area contributed by atoms with Gasteiger partial charge in [0.15, 0.2) is 0 Å². The van der Waals surface area contributed by atoms with E-state index in [9.17, 15) is 30.8 Å². The first-order chi connectivity index (χ1) is 10.5. The second kappa shape index (κ2) is 6.27. The molecule has 23 heavy (non-hydrogen) atoms. The summed E-state index contributed by atoms with van der Waals surface area (Å²) >= 11 is 0. The molecule has 1 aliphatic heterocycles. The molecule has 1 aromatic carbocycles. The van der Waals surface area contributed by atoms with E-state index in [1.54, 1.807) is 0 Å². The van der Waals surface area contributed by atoms with Gasteiger partial charge in [-0.2, -0.15) is 13.2 Å². The molecule has 0 N–H and O–H groups in total. The van der Waals surface area contributed by atoms with Gasteiger partial charge in [-0.25, -0.2) is 12.8 Å². The summed E-state index contributed by atoms with van der Waals surface area (Å²) in [6.45, 7) is -0.252. The van der Waals surface area contributed by atoms with Crippen LogP contribution in [0.1, 0.15) is 12.0 Å². The molecule has 0 spiro atoms. The second-order valence-electron chi connectivity index (χ2n) is 5.30. The van der Waals surface area contributed by atoms with Crippen LogP contribution in [0.2, 0.25) is 0 Å². The second-order valence-corrected chi connectivity index (χ2v) is 7.83. The number of amides is 1. The van der Waals surface area contributed by atoms with Crippen LogP contribution in [0.25, 0.3) is 0 Å². The lowest BCUT2D eigenvalue weighted by Gasteiger charge is -2.18. The third kappa shape index (κ3) is 4.35. The smallest absolute Gasteiger partial charge is 0.335 e. The Morgan fingerprint density at radius 1 is 1.35 bits per heavy atom. The molecule has 4 nitrogen and oxygen atoms in total. The van der Waals surface area contributed by atoms with Gasteiger partial charge in [-0.05, 0) is 42.5 Å². The lowest BCUT2D eigenvalue weighted by Crippen LogP contribution is -2.39. The Bertz CT molecular complexity index is 720. The number of hydrogen-bond acceptors (Lipinski definition) is 3. The molecule has 1 saturated heterocycles. The lowest BCUT2D eigenvalue weighted by molar-refractivity contribution is -0.184. The van der Waals surface area contributed by atoms with Gasteiger partial charge in [-0.3, -0.25) is 4.79 Å². The molecule has 0 aromatic heterocycles. The van der Waals surface area contributed by atoms with Gasteiger partial charge in [-0.1, -0.05) is 0 Å². The molecule has 0 radical (unpaired) electrons. The van der Waals surface area contributed by atoms with E-state index in [0.29, 0.717) is 4.90 Å². The highest BCUT2D eigenvalue weighted by atomic mass is 35.7. The molecule has 1 atom stereocenters. The molecule has 128 valence electrons. The van der Waals surface area contributed by atoms with Crippen molar-refractivity contribution in [3.05, 3.63) is 29.6 Å². The van der Waals surface area contributed by atoms with Crippen molar-refractivity contribution in [2.45, 2.75) is 23.9 Å². The zero-order valence-corrected chi connectivity index (χ0v) is 13.2. The van der Waals surface area contributed by atoms with Gasteiger partial charge in [0, 0.05) is 23.8 Å². The van der Waals surface area contributed by atoms with E-state index in [-0.39, 0.29) is 36.4 Å². The Balaban J connectivity index is 2.16. The zero-order valence-electron chi connectivity index (χ0n) is 11.6. The van der Waals surface area contributed by atoms with Gasteiger partial charge in [0.1, 0.15) is 5.82 Å². The number of benzene rings is 1. The van der Waals surface area contributed by atoms with Gasteiger partial charge < -0.3 is 4.90 Å². The number of carbonyl (C=O) groups excluding carboxylic acids is 1.